The van der Waals surface area contributed by atoms with E-state index in [1.807, 2.05) is 0 Å². The Morgan fingerprint density at radius 1 is 1.67 bits per heavy atom. The molecule has 0 unspecified atom stereocenters. The second-order valence-electron chi connectivity index (χ2n) is 0.772. The quantitative estimate of drug-likeness (QED) is 0.390. The van der Waals surface area contributed by atoms with Gasteiger partial charge in [-0.05, 0) is 0 Å². The average molecular weight is 112 g/mol. The lowest BCUT2D eigenvalue weighted by Gasteiger charge is -1.95. The van der Waals surface area contributed by atoms with Crippen LogP contribution in [0.1, 0.15) is 0 Å². The van der Waals surface area contributed by atoms with Gasteiger partial charge in [-0.2, -0.15) is 14.3 Å². The van der Waals surface area contributed by atoms with Crippen LogP contribution in [-0.4, -0.2) is 16.9 Å². The monoisotopic (exact) mass is 112 g/mol. The molecule has 0 aromatic rings. The molecule has 5 heteroatoms. The third-order valence-electron chi connectivity index (χ3n) is 0.269. The van der Waals surface area contributed by atoms with Crippen LogP contribution in [0.5, 0.6) is 0 Å². The van der Waals surface area contributed by atoms with Crippen LogP contribution in [0.3, 0.4) is 0 Å². The Hall–Kier alpha value is 0.270. The van der Waals surface area contributed by atoms with Crippen molar-refractivity contribution in [3.63, 3.8) is 0 Å². The van der Waals surface area contributed by atoms with Crippen LogP contribution in [0.2, 0.25) is 0 Å². The summed E-state index contributed by atoms with van der Waals surface area (Å²) in [7, 11) is -2.26. The molecule has 0 atom stereocenters. The molecule has 0 spiro atoms. The van der Waals surface area contributed by atoms with Gasteiger partial charge in [0.2, 0.25) is 0 Å². The zero-order chi connectivity index (χ0) is 5.21. The Morgan fingerprint density at radius 3 is 1.83 bits per heavy atom. The lowest BCUT2D eigenvalue weighted by molar-refractivity contribution is 0.279. The number of hydrogen-bond donors (Lipinski definition) is 3. The van der Waals surface area contributed by atoms with E-state index in [0.717, 1.165) is 7.11 Å². The Labute approximate surface area is 36.2 Å². The number of rotatable bonds is 1. The summed E-state index contributed by atoms with van der Waals surface area (Å²) in [6, 6.07) is 0. The molecule has 0 amide bonds. The van der Waals surface area contributed by atoms with Crippen molar-refractivity contribution in [2.75, 3.05) is 7.11 Å². The van der Waals surface area contributed by atoms with Gasteiger partial charge in [0, 0.05) is 0 Å². The van der Waals surface area contributed by atoms with Crippen LogP contribution in [0.15, 0.2) is 0 Å². The Morgan fingerprint density at radius 2 is 1.83 bits per heavy atom. The van der Waals surface area contributed by atoms with Crippen molar-refractivity contribution < 1.29 is 14.3 Å². The lowest BCUT2D eigenvalue weighted by atomic mass is 11.8. The molecule has 0 saturated heterocycles. The molecule has 0 bridgehead atoms. The van der Waals surface area contributed by atoms with Gasteiger partial charge in [-0.15, -0.1) is 5.50 Å². The van der Waals surface area contributed by atoms with Gasteiger partial charge in [-0.25, -0.2) is 0 Å². The third kappa shape index (κ3) is 4.27. The van der Waals surface area contributed by atoms with Gasteiger partial charge in [0.05, 0.1) is 7.11 Å². The summed E-state index contributed by atoms with van der Waals surface area (Å²) in [4.78, 5) is 16.1. The number of nitrogens with two attached hydrogens (primary N) is 1. The predicted molar refractivity (Wildman–Crippen MR) is 22.6 cm³/mol. The first-order chi connectivity index (χ1) is 2.56. The molecular formula is CH7NO3P+. The smallest absolute Gasteiger partial charge is 0.178 e. The molecule has 0 saturated carbocycles. The standard InChI is InChI=1S/CH7NO3P/c1-5-6(2,3)4/h3-4H,2H2,1H3/q+1. The van der Waals surface area contributed by atoms with Gasteiger partial charge in [0.1, 0.15) is 0 Å². The maximum Gasteiger partial charge on any atom is 0.493 e. The molecular weight excluding hydrogens is 105 g/mol. The molecule has 0 heterocycles. The maximum atomic E-state index is 8.05. The van der Waals surface area contributed by atoms with E-state index in [-0.39, 0.29) is 0 Å². The molecule has 0 aliphatic rings. The molecule has 0 aliphatic carbocycles. The SMILES string of the molecule is CO[P+](N)(O)O. The van der Waals surface area contributed by atoms with E-state index in [2.05, 4.69) is 10.0 Å². The lowest BCUT2D eigenvalue weighted by Crippen LogP contribution is -2.01. The Bertz CT molecular complexity index is 40.5. The van der Waals surface area contributed by atoms with Gasteiger partial charge in [0.25, 0.3) is 0 Å². The molecule has 4 nitrogen and oxygen atoms in total. The van der Waals surface area contributed by atoms with Crippen LogP contribution >= 0.6 is 8.09 Å². The van der Waals surface area contributed by atoms with Crippen molar-refractivity contribution in [1.82, 2.24) is 0 Å². The normalized spacial score (nSPS) is 12.0. The van der Waals surface area contributed by atoms with Crippen molar-refractivity contribution in [2.24, 2.45) is 5.50 Å². The predicted octanol–water partition coefficient (Wildman–Crippen LogP) is -0.746. The summed E-state index contributed by atoms with van der Waals surface area (Å²) < 4.78 is 3.94. The largest absolute Gasteiger partial charge is 0.493 e. The van der Waals surface area contributed by atoms with E-state index in [1.165, 1.54) is 0 Å². The van der Waals surface area contributed by atoms with Crippen LogP contribution in [-0.2, 0) is 4.52 Å². The highest BCUT2D eigenvalue weighted by atomic mass is 31.2. The summed E-state index contributed by atoms with van der Waals surface area (Å²) >= 11 is 0. The summed E-state index contributed by atoms with van der Waals surface area (Å²) in [5.74, 6) is 0. The van der Waals surface area contributed by atoms with Crippen molar-refractivity contribution in [3.8, 4) is 0 Å². The molecule has 38 valence electrons. The molecule has 0 aliphatic heterocycles. The van der Waals surface area contributed by atoms with Gasteiger partial charge < -0.3 is 0 Å². The minimum atomic E-state index is -3.40. The molecule has 0 rings (SSSR count). The first-order valence-corrected chi connectivity index (χ1v) is 2.93. The summed E-state index contributed by atoms with van der Waals surface area (Å²) in [6.07, 6.45) is 0. The fourth-order valence-electron chi connectivity index (χ4n) is 0. The molecule has 0 fully saturated rings. The van der Waals surface area contributed by atoms with Crippen molar-refractivity contribution in [2.45, 2.75) is 0 Å². The molecule has 0 radical (unpaired) electrons. The Kier molecular flexibility index (Phi) is 1.90. The second-order valence-corrected chi connectivity index (χ2v) is 2.31. The van der Waals surface area contributed by atoms with Gasteiger partial charge in [-0.3, -0.25) is 0 Å². The molecule has 4 N–H and O–H groups in total. The van der Waals surface area contributed by atoms with Gasteiger partial charge in [-0.1, -0.05) is 0 Å². The fourth-order valence-corrected chi connectivity index (χ4v) is 0. The van der Waals surface area contributed by atoms with Crippen molar-refractivity contribution in [1.29, 1.82) is 0 Å². The van der Waals surface area contributed by atoms with Crippen LogP contribution < -0.4 is 5.50 Å². The van der Waals surface area contributed by atoms with Crippen LogP contribution in [0.25, 0.3) is 0 Å². The highest BCUT2D eigenvalue weighted by molar-refractivity contribution is 7.57. The first-order valence-electron chi connectivity index (χ1n) is 1.25. The number of hydrogen-bond acceptors (Lipinski definition) is 4. The molecule has 0 aromatic carbocycles. The van der Waals surface area contributed by atoms with E-state index >= 15 is 0 Å². The maximum absolute atomic E-state index is 8.05. The summed E-state index contributed by atoms with van der Waals surface area (Å²) in [5, 5.41) is 0. The highest BCUT2D eigenvalue weighted by Crippen LogP contribution is 2.39. The zero-order valence-electron chi connectivity index (χ0n) is 3.33. The van der Waals surface area contributed by atoms with Gasteiger partial charge in [0.15, 0.2) is 0 Å². The van der Waals surface area contributed by atoms with E-state index in [9.17, 15) is 0 Å². The second kappa shape index (κ2) is 1.82. The highest BCUT2D eigenvalue weighted by Gasteiger charge is 2.25. The minimum absolute atomic E-state index is 1.13. The first kappa shape index (κ1) is 6.27. The van der Waals surface area contributed by atoms with E-state index in [1.54, 1.807) is 0 Å². The minimum Gasteiger partial charge on any atom is -0.178 e. The third-order valence-corrected chi connectivity index (χ3v) is 0.806. The average Bonchev–Trinajstić information content (AvgIpc) is 1.35. The molecule has 0 aromatic heterocycles. The van der Waals surface area contributed by atoms with Crippen LogP contribution in [0, 0.1) is 0 Å². The summed E-state index contributed by atoms with van der Waals surface area (Å²) in [6.45, 7) is 0. The Balaban J connectivity index is 3.17. The fraction of sp³-hybridized carbons (Fsp3) is 1.00. The van der Waals surface area contributed by atoms with E-state index < -0.39 is 8.09 Å². The topological polar surface area (TPSA) is 75.7 Å². The van der Waals surface area contributed by atoms with E-state index in [0.29, 0.717) is 0 Å². The van der Waals surface area contributed by atoms with Crippen LogP contribution in [0.4, 0.5) is 0 Å². The van der Waals surface area contributed by atoms with Crippen molar-refractivity contribution in [3.05, 3.63) is 0 Å². The van der Waals surface area contributed by atoms with E-state index in [4.69, 9.17) is 9.79 Å². The van der Waals surface area contributed by atoms with Crippen molar-refractivity contribution >= 4 is 8.09 Å². The zero-order valence-corrected chi connectivity index (χ0v) is 4.22. The van der Waals surface area contributed by atoms with Gasteiger partial charge >= 0.3 is 8.09 Å². The summed E-state index contributed by atoms with van der Waals surface area (Å²) in [5.41, 5.74) is 4.53. The molecule has 6 heavy (non-hydrogen) atoms.